The number of allylic oxidation sites excluding steroid dienone is 4. The predicted molar refractivity (Wildman–Crippen MR) is 139 cm³/mol. The second-order valence-electron chi connectivity index (χ2n) is 8.25. The molecule has 0 aliphatic rings. The quantitative estimate of drug-likeness (QED) is 0.383. The number of aromatic amines is 2. The number of benzene rings is 1. The Balaban J connectivity index is 1.72. The Labute approximate surface area is 198 Å². The van der Waals surface area contributed by atoms with Crippen LogP contribution >= 0.6 is 0 Å². The summed E-state index contributed by atoms with van der Waals surface area (Å²) in [5.74, 6) is -0.279. The fraction of sp³-hybridized carbons (Fsp3) is 0.103. The van der Waals surface area contributed by atoms with E-state index >= 15 is 0 Å². The molecule has 0 fully saturated rings. The van der Waals surface area contributed by atoms with Gasteiger partial charge in [0.05, 0.1) is 11.0 Å². The zero-order chi connectivity index (χ0) is 24.2. The van der Waals surface area contributed by atoms with Crippen molar-refractivity contribution in [3.8, 4) is 11.4 Å². The lowest BCUT2D eigenvalue weighted by atomic mass is 9.97. The van der Waals surface area contributed by atoms with Crippen molar-refractivity contribution >= 4 is 23.8 Å². The van der Waals surface area contributed by atoms with Crippen LogP contribution in [-0.2, 0) is 0 Å². The van der Waals surface area contributed by atoms with Crippen LogP contribution < -0.4 is 10.6 Å². The standard InChI is InChI=1S/C29H27FN4/c1-6-9-23(24-10-7-8-11-26(24)30)25-15-28(32-21(25)5)29-20(4)27(33-34-29)13-12-19(3)22-14-18(2)16-31-17-22/h6-17,32-33H,1,4H2,2-3,5H3/b19-12+,23-9-,27-13+. The highest BCUT2D eigenvalue weighted by Crippen LogP contribution is 2.30. The van der Waals surface area contributed by atoms with Gasteiger partial charge in [-0.05, 0) is 67.3 Å². The monoisotopic (exact) mass is 450 g/mol. The lowest BCUT2D eigenvalue weighted by Crippen LogP contribution is -2.21. The topological polar surface area (TPSA) is 57.4 Å². The molecule has 0 aliphatic heterocycles. The van der Waals surface area contributed by atoms with Crippen molar-refractivity contribution in [2.45, 2.75) is 20.8 Å². The molecule has 0 amide bonds. The molecule has 0 atom stereocenters. The SMILES string of the molecule is C=C/C=C(/c1ccccc1F)c1cc(-c2n[nH]/c(=C/C=C(\C)c3cncc(C)c3)c2=C)[nH]c1C. The number of nitrogens with one attached hydrogen (secondary N) is 2. The minimum absolute atomic E-state index is 0.279. The molecule has 34 heavy (non-hydrogen) atoms. The molecule has 4 aromatic rings. The predicted octanol–water partition coefficient (Wildman–Crippen LogP) is 5.47. The molecule has 5 heteroatoms. The van der Waals surface area contributed by atoms with Crippen molar-refractivity contribution in [2.75, 3.05) is 0 Å². The largest absolute Gasteiger partial charge is 0.357 e. The number of aromatic nitrogens is 4. The molecule has 0 unspecified atom stereocenters. The van der Waals surface area contributed by atoms with Gasteiger partial charge in [0.2, 0.25) is 0 Å². The maximum atomic E-state index is 14.5. The normalized spacial score (nSPS) is 12.9. The number of hydrogen-bond donors (Lipinski definition) is 2. The third-order valence-electron chi connectivity index (χ3n) is 5.74. The molecule has 170 valence electrons. The number of nitrogens with zero attached hydrogens (tertiary/aromatic N) is 2. The van der Waals surface area contributed by atoms with Crippen LogP contribution in [0.1, 0.15) is 34.9 Å². The van der Waals surface area contributed by atoms with Gasteiger partial charge in [0, 0.05) is 34.4 Å². The van der Waals surface area contributed by atoms with Gasteiger partial charge in [-0.2, -0.15) is 5.10 Å². The Morgan fingerprint density at radius 2 is 1.85 bits per heavy atom. The van der Waals surface area contributed by atoms with Crippen LogP contribution in [0.25, 0.3) is 35.2 Å². The summed E-state index contributed by atoms with van der Waals surface area (Å²) < 4.78 is 14.5. The van der Waals surface area contributed by atoms with Gasteiger partial charge < -0.3 is 4.98 Å². The van der Waals surface area contributed by atoms with E-state index in [1.54, 1.807) is 18.2 Å². The molecule has 0 aliphatic carbocycles. The summed E-state index contributed by atoms with van der Waals surface area (Å²) in [4.78, 5) is 7.64. The highest BCUT2D eigenvalue weighted by Gasteiger charge is 2.16. The first kappa shape index (κ1) is 22.9. The maximum absolute atomic E-state index is 14.5. The summed E-state index contributed by atoms with van der Waals surface area (Å²) >= 11 is 0. The van der Waals surface area contributed by atoms with E-state index in [4.69, 9.17) is 0 Å². The van der Waals surface area contributed by atoms with E-state index in [0.29, 0.717) is 5.56 Å². The van der Waals surface area contributed by atoms with Crippen LogP contribution in [0.4, 0.5) is 4.39 Å². The van der Waals surface area contributed by atoms with Crippen LogP contribution in [0.3, 0.4) is 0 Å². The summed E-state index contributed by atoms with van der Waals surface area (Å²) in [7, 11) is 0. The molecule has 0 radical (unpaired) electrons. The van der Waals surface area contributed by atoms with E-state index < -0.39 is 0 Å². The van der Waals surface area contributed by atoms with E-state index in [1.165, 1.54) is 6.07 Å². The molecule has 3 heterocycles. The van der Waals surface area contributed by atoms with Crippen LogP contribution in [0.2, 0.25) is 0 Å². The van der Waals surface area contributed by atoms with Gasteiger partial charge in [0.1, 0.15) is 11.5 Å². The van der Waals surface area contributed by atoms with Crippen molar-refractivity contribution < 1.29 is 4.39 Å². The number of H-pyrrole nitrogens is 2. The number of halogens is 1. The Kier molecular flexibility index (Phi) is 6.55. The molecule has 1 aromatic carbocycles. The first-order valence-corrected chi connectivity index (χ1v) is 11.0. The second-order valence-corrected chi connectivity index (χ2v) is 8.25. The van der Waals surface area contributed by atoms with Gasteiger partial charge in [-0.25, -0.2) is 4.39 Å². The molecule has 4 rings (SSSR count). The Hall–Kier alpha value is -4.25. The molecule has 3 aromatic heterocycles. The van der Waals surface area contributed by atoms with Crippen LogP contribution in [0.15, 0.2) is 73.6 Å². The Morgan fingerprint density at radius 3 is 2.59 bits per heavy atom. The summed E-state index contributed by atoms with van der Waals surface area (Å²) in [5.41, 5.74) is 7.87. The lowest BCUT2D eigenvalue weighted by molar-refractivity contribution is 0.624. The zero-order valence-electron chi connectivity index (χ0n) is 19.6. The van der Waals surface area contributed by atoms with Gasteiger partial charge >= 0.3 is 0 Å². The number of aryl methyl sites for hydroxylation is 2. The van der Waals surface area contributed by atoms with Gasteiger partial charge in [0.15, 0.2) is 0 Å². The fourth-order valence-corrected chi connectivity index (χ4v) is 3.90. The van der Waals surface area contributed by atoms with Crippen LogP contribution in [-0.4, -0.2) is 20.2 Å². The molecular formula is C29H27FN4. The molecule has 2 N–H and O–H groups in total. The van der Waals surface area contributed by atoms with Crippen LogP contribution in [0, 0.1) is 19.7 Å². The summed E-state index contributed by atoms with van der Waals surface area (Å²) in [6.07, 6.45) is 11.2. The third kappa shape index (κ3) is 4.59. The highest BCUT2D eigenvalue weighted by molar-refractivity contribution is 5.84. The van der Waals surface area contributed by atoms with Crippen molar-refractivity contribution in [3.63, 3.8) is 0 Å². The van der Waals surface area contributed by atoms with Gasteiger partial charge in [-0.15, -0.1) is 0 Å². The highest BCUT2D eigenvalue weighted by atomic mass is 19.1. The van der Waals surface area contributed by atoms with E-state index in [0.717, 1.165) is 55.5 Å². The minimum Gasteiger partial charge on any atom is -0.357 e. The van der Waals surface area contributed by atoms with Gasteiger partial charge in [-0.1, -0.05) is 49.6 Å². The number of pyridine rings is 1. The summed E-state index contributed by atoms with van der Waals surface area (Å²) in [6.45, 7) is 14.1. The molecular weight excluding hydrogens is 423 g/mol. The Bertz CT molecular complexity index is 1530. The van der Waals surface area contributed by atoms with Crippen LogP contribution in [0.5, 0.6) is 0 Å². The molecule has 0 saturated heterocycles. The second kappa shape index (κ2) is 9.71. The molecule has 0 bridgehead atoms. The van der Waals surface area contributed by atoms with Gasteiger partial charge in [0.25, 0.3) is 0 Å². The number of rotatable bonds is 6. The summed E-state index contributed by atoms with van der Waals surface area (Å²) in [5, 5.41) is 9.17. The fourth-order valence-electron chi connectivity index (χ4n) is 3.90. The smallest absolute Gasteiger partial charge is 0.131 e. The van der Waals surface area contributed by atoms with Crippen molar-refractivity contribution in [1.82, 2.24) is 20.2 Å². The molecule has 4 nitrogen and oxygen atoms in total. The zero-order valence-corrected chi connectivity index (χ0v) is 19.6. The van der Waals surface area contributed by atoms with Gasteiger partial charge in [-0.3, -0.25) is 10.1 Å². The van der Waals surface area contributed by atoms with E-state index in [1.807, 2.05) is 63.5 Å². The molecule has 0 spiro atoms. The first-order valence-electron chi connectivity index (χ1n) is 11.0. The Morgan fingerprint density at radius 1 is 1.06 bits per heavy atom. The maximum Gasteiger partial charge on any atom is 0.131 e. The van der Waals surface area contributed by atoms with E-state index in [9.17, 15) is 4.39 Å². The van der Waals surface area contributed by atoms with E-state index in [-0.39, 0.29) is 5.82 Å². The lowest BCUT2D eigenvalue weighted by Gasteiger charge is -2.08. The van der Waals surface area contributed by atoms with Crippen molar-refractivity contribution in [1.29, 1.82) is 0 Å². The van der Waals surface area contributed by atoms with E-state index in [2.05, 4.69) is 39.4 Å². The average Bonchev–Trinajstić information content (AvgIpc) is 3.38. The van der Waals surface area contributed by atoms with Crippen molar-refractivity contribution in [3.05, 3.63) is 118 Å². The molecule has 0 saturated carbocycles. The third-order valence-corrected chi connectivity index (χ3v) is 5.74. The minimum atomic E-state index is -0.279. The summed E-state index contributed by atoms with van der Waals surface area (Å²) in [6, 6.07) is 10.8. The number of hydrogen-bond acceptors (Lipinski definition) is 2. The first-order chi connectivity index (χ1) is 16.4. The average molecular weight is 451 g/mol. The van der Waals surface area contributed by atoms with Crippen molar-refractivity contribution in [2.24, 2.45) is 0 Å².